The van der Waals surface area contributed by atoms with Crippen molar-refractivity contribution in [2.24, 2.45) is 13.0 Å². The zero-order chi connectivity index (χ0) is 14.7. The number of hydrogen-bond donors (Lipinski definition) is 0. The smallest absolute Gasteiger partial charge is 0.406 e. The maximum absolute atomic E-state index is 11.8. The standard InChI is InChI=1S/C12H18N4O4/c1-3-20-12(17)9-5-4-6-15(7-9)11-10(16(18)19)13-8-14(11)2/h8-9H,3-7H2,1-2H3. The van der Waals surface area contributed by atoms with Gasteiger partial charge in [0.15, 0.2) is 0 Å². The van der Waals surface area contributed by atoms with Crippen molar-refractivity contribution in [1.29, 1.82) is 0 Å². The predicted octanol–water partition coefficient (Wildman–Crippen LogP) is 1.11. The summed E-state index contributed by atoms with van der Waals surface area (Å²) in [7, 11) is 1.71. The van der Waals surface area contributed by atoms with Crippen LogP contribution in [-0.2, 0) is 16.6 Å². The Morgan fingerprint density at radius 1 is 1.65 bits per heavy atom. The van der Waals surface area contributed by atoms with E-state index in [9.17, 15) is 14.9 Å². The number of carbonyl (C=O) groups is 1. The van der Waals surface area contributed by atoms with Gasteiger partial charge in [-0.1, -0.05) is 0 Å². The molecule has 1 atom stereocenters. The van der Waals surface area contributed by atoms with Crippen molar-refractivity contribution in [3.63, 3.8) is 0 Å². The van der Waals surface area contributed by atoms with E-state index in [1.54, 1.807) is 18.5 Å². The Kier molecular flexibility index (Phi) is 4.21. The van der Waals surface area contributed by atoms with Gasteiger partial charge in [0.05, 0.1) is 12.5 Å². The third-order valence-corrected chi connectivity index (χ3v) is 3.40. The van der Waals surface area contributed by atoms with Crippen molar-refractivity contribution >= 4 is 17.6 Å². The molecule has 1 aromatic rings. The van der Waals surface area contributed by atoms with Crippen molar-refractivity contribution in [3.8, 4) is 0 Å². The normalized spacial score (nSPS) is 18.9. The molecule has 0 spiro atoms. The van der Waals surface area contributed by atoms with Gasteiger partial charge >= 0.3 is 11.8 Å². The number of piperidine rings is 1. The number of ether oxygens (including phenoxy) is 1. The number of carbonyl (C=O) groups excluding carboxylic acids is 1. The van der Waals surface area contributed by atoms with E-state index in [-0.39, 0.29) is 17.7 Å². The van der Waals surface area contributed by atoms with Crippen molar-refractivity contribution in [2.45, 2.75) is 19.8 Å². The van der Waals surface area contributed by atoms with Crippen LogP contribution in [0.3, 0.4) is 0 Å². The van der Waals surface area contributed by atoms with E-state index in [1.165, 1.54) is 6.33 Å². The number of hydrogen-bond acceptors (Lipinski definition) is 6. The molecule has 0 bridgehead atoms. The number of aromatic nitrogens is 2. The summed E-state index contributed by atoms with van der Waals surface area (Å²) in [6.07, 6.45) is 2.97. The van der Waals surface area contributed by atoms with Crippen LogP contribution in [0, 0.1) is 16.0 Å². The zero-order valence-electron chi connectivity index (χ0n) is 11.6. The lowest BCUT2D eigenvalue weighted by molar-refractivity contribution is -0.388. The van der Waals surface area contributed by atoms with E-state index in [0.29, 0.717) is 25.5 Å². The van der Waals surface area contributed by atoms with Crippen LogP contribution in [-0.4, -0.2) is 40.1 Å². The Morgan fingerprint density at radius 2 is 2.40 bits per heavy atom. The van der Waals surface area contributed by atoms with E-state index >= 15 is 0 Å². The number of nitrogens with zero attached hydrogens (tertiary/aromatic N) is 4. The molecule has 0 aliphatic carbocycles. The van der Waals surface area contributed by atoms with Crippen LogP contribution >= 0.6 is 0 Å². The molecule has 0 radical (unpaired) electrons. The summed E-state index contributed by atoms with van der Waals surface area (Å²) in [6, 6.07) is 0. The monoisotopic (exact) mass is 282 g/mol. The lowest BCUT2D eigenvalue weighted by Gasteiger charge is -2.32. The molecule has 0 saturated carbocycles. The van der Waals surface area contributed by atoms with Gasteiger partial charge in [0.25, 0.3) is 0 Å². The third-order valence-electron chi connectivity index (χ3n) is 3.40. The largest absolute Gasteiger partial charge is 0.466 e. The van der Waals surface area contributed by atoms with Crippen LogP contribution in [0.25, 0.3) is 0 Å². The van der Waals surface area contributed by atoms with E-state index in [1.807, 2.05) is 4.90 Å². The summed E-state index contributed by atoms with van der Waals surface area (Å²) < 4.78 is 6.65. The number of nitro groups is 1. The van der Waals surface area contributed by atoms with Gasteiger partial charge in [0, 0.05) is 20.1 Å². The molecule has 2 rings (SSSR count). The van der Waals surface area contributed by atoms with Crippen LogP contribution in [0.15, 0.2) is 6.33 Å². The third kappa shape index (κ3) is 2.73. The highest BCUT2D eigenvalue weighted by atomic mass is 16.6. The molecule has 1 aliphatic rings. The van der Waals surface area contributed by atoms with Crippen molar-refractivity contribution in [1.82, 2.24) is 9.55 Å². The van der Waals surface area contributed by atoms with Crippen LogP contribution in [0.5, 0.6) is 0 Å². The quantitative estimate of drug-likeness (QED) is 0.467. The van der Waals surface area contributed by atoms with Gasteiger partial charge in [0.2, 0.25) is 12.1 Å². The zero-order valence-corrected chi connectivity index (χ0v) is 11.6. The minimum atomic E-state index is -0.497. The fourth-order valence-corrected chi connectivity index (χ4v) is 2.53. The lowest BCUT2D eigenvalue weighted by atomic mass is 9.98. The molecule has 110 valence electrons. The maximum atomic E-state index is 11.8. The minimum absolute atomic E-state index is 0.169. The number of rotatable bonds is 4. The molecule has 8 heteroatoms. The first-order valence-electron chi connectivity index (χ1n) is 6.61. The van der Waals surface area contributed by atoms with Gasteiger partial charge < -0.3 is 19.8 Å². The number of esters is 1. The van der Waals surface area contributed by atoms with E-state index in [4.69, 9.17) is 4.74 Å². The SMILES string of the molecule is CCOC(=O)C1CCCN(c2c([N+](=O)[O-])ncn2C)C1. The second kappa shape index (κ2) is 5.89. The Labute approximate surface area is 116 Å². The van der Waals surface area contributed by atoms with Crippen molar-refractivity contribution in [2.75, 3.05) is 24.6 Å². The molecule has 1 aliphatic heterocycles. The minimum Gasteiger partial charge on any atom is -0.466 e. The highest BCUT2D eigenvalue weighted by Crippen LogP contribution is 2.30. The second-order valence-corrected chi connectivity index (χ2v) is 4.80. The molecule has 0 amide bonds. The Bertz CT molecular complexity index is 514. The summed E-state index contributed by atoms with van der Waals surface area (Å²) >= 11 is 0. The van der Waals surface area contributed by atoms with Gasteiger partial charge in [-0.15, -0.1) is 0 Å². The van der Waals surface area contributed by atoms with Gasteiger partial charge in [-0.3, -0.25) is 9.36 Å². The van der Waals surface area contributed by atoms with Gasteiger partial charge in [-0.25, -0.2) is 0 Å². The first kappa shape index (κ1) is 14.3. The predicted molar refractivity (Wildman–Crippen MR) is 71.4 cm³/mol. The highest BCUT2D eigenvalue weighted by Gasteiger charge is 2.32. The van der Waals surface area contributed by atoms with Crippen molar-refractivity contribution in [3.05, 3.63) is 16.4 Å². The van der Waals surface area contributed by atoms with Crippen LogP contribution < -0.4 is 4.90 Å². The summed E-state index contributed by atoms with van der Waals surface area (Å²) in [4.78, 5) is 28.0. The molecule has 20 heavy (non-hydrogen) atoms. The molecule has 0 N–H and O–H groups in total. The van der Waals surface area contributed by atoms with Crippen LogP contribution in [0.2, 0.25) is 0 Å². The second-order valence-electron chi connectivity index (χ2n) is 4.80. The highest BCUT2D eigenvalue weighted by molar-refractivity contribution is 5.74. The van der Waals surface area contributed by atoms with Crippen LogP contribution in [0.1, 0.15) is 19.8 Å². The van der Waals surface area contributed by atoms with Crippen LogP contribution in [0.4, 0.5) is 11.6 Å². The van der Waals surface area contributed by atoms with E-state index in [0.717, 1.165) is 12.8 Å². The molecule has 1 unspecified atom stereocenters. The summed E-state index contributed by atoms with van der Waals surface area (Å²) in [5.41, 5.74) is 0. The molecular formula is C12H18N4O4. The van der Waals surface area contributed by atoms with Gasteiger partial charge in [-0.2, -0.15) is 0 Å². The molecular weight excluding hydrogens is 264 g/mol. The Balaban J connectivity index is 2.19. The first-order chi connectivity index (χ1) is 9.54. The maximum Gasteiger partial charge on any atom is 0.406 e. The fourth-order valence-electron chi connectivity index (χ4n) is 2.53. The molecule has 0 aromatic carbocycles. The van der Waals surface area contributed by atoms with Crippen molar-refractivity contribution < 1.29 is 14.5 Å². The van der Waals surface area contributed by atoms with Gasteiger partial charge in [0.1, 0.15) is 0 Å². The molecule has 8 nitrogen and oxygen atoms in total. The number of aryl methyl sites for hydroxylation is 1. The Morgan fingerprint density at radius 3 is 3.05 bits per heavy atom. The Hall–Kier alpha value is -2.12. The lowest BCUT2D eigenvalue weighted by Crippen LogP contribution is -2.40. The summed E-state index contributed by atoms with van der Waals surface area (Å²) in [5.74, 6) is -0.193. The van der Waals surface area contributed by atoms with E-state index < -0.39 is 4.92 Å². The number of anilines is 1. The van der Waals surface area contributed by atoms with Gasteiger partial charge in [-0.05, 0) is 29.7 Å². The average Bonchev–Trinajstić information content (AvgIpc) is 2.81. The average molecular weight is 282 g/mol. The topological polar surface area (TPSA) is 90.5 Å². The number of imidazole rings is 1. The molecule has 2 heterocycles. The fraction of sp³-hybridized carbons (Fsp3) is 0.667. The van der Waals surface area contributed by atoms with E-state index in [2.05, 4.69) is 4.98 Å². The molecule has 1 aromatic heterocycles. The molecule has 1 fully saturated rings. The molecule has 1 saturated heterocycles. The summed E-state index contributed by atoms with van der Waals surface area (Å²) in [6.45, 7) is 3.22. The summed E-state index contributed by atoms with van der Waals surface area (Å²) in [5, 5.41) is 11.0. The first-order valence-corrected chi connectivity index (χ1v) is 6.61.